The van der Waals surface area contributed by atoms with Crippen molar-refractivity contribution in [1.29, 1.82) is 0 Å². The van der Waals surface area contributed by atoms with E-state index in [0.717, 1.165) is 74.2 Å². The molecular weight excluding hydrogens is 390 g/mol. The van der Waals surface area contributed by atoms with Crippen LogP contribution in [0.25, 0.3) is 11.3 Å². The summed E-state index contributed by atoms with van der Waals surface area (Å²) in [6.07, 6.45) is 11.2. The van der Waals surface area contributed by atoms with E-state index in [1.165, 1.54) is 0 Å². The molecule has 0 spiro atoms. The van der Waals surface area contributed by atoms with Crippen molar-refractivity contribution in [2.24, 2.45) is 0 Å². The highest BCUT2D eigenvalue weighted by molar-refractivity contribution is 5.62. The third-order valence-corrected chi connectivity index (χ3v) is 5.94. The maximum absolute atomic E-state index is 5.50. The van der Waals surface area contributed by atoms with E-state index in [-0.39, 0.29) is 0 Å². The molecule has 0 bridgehead atoms. The average molecular weight is 418 g/mol. The molecule has 8 heteroatoms. The van der Waals surface area contributed by atoms with Gasteiger partial charge in [-0.2, -0.15) is 0 Å². The molecule has 0 aliphatic carbocycles. The second kappa shape index (κ2) is 9.45. The van der Waals surface area contributed by atoms with Gasteiger partial charge in [-0.05, 0) is 31.5 Å². The van der Waals surface area contributed by atoms with Gasteiger partial charge in [0.25, 0.3) is 0 Å². The Morgan fingerprint density at radius 3 is 2.71 bits per heavy atom. The molecule has 2 saturated heterocycles. The molecule has 8 nitrogen and oxygen atoms in total. The molecular formula is C23H27N7O. The number of pyridine rings is 1. The molecule has 2 aliphatic heterocycles. The highest BCUT2D eigenvalue weighted by Crippen LogP contribution is 2.33. The Bertz CT molecular complexity index is 980. The maximum atomic E-state index is 5.50. The second-order valence-corrected chi connectivity index (χ2v) is 8.05. The largest absolute Gasteiger partial charge is 0.378 e. The van der Waals surface area contributed by atoms with Crippen molar-refractivity contribution in [2.45, 2.75) is 25.3 Å². The fourth-order valence-corrected chi connectivity index (χ4v) is 4.39. The lowest BCUT2D eigenvalue weighted by Gasteiger charge is -2.33. The molecule has 2 fully saturated rings. The third-order valence-electron chi connectivity index (χ3n) is 5.94. The van der Waals surface area contributed by atoms with E-state index in [4.69, 9.17) is 9.72 Å². The first-order chi connectivity index (χ1) is 15.4. The average Bonchev–Trinajstić information content (AvgIpc) is 2.86. The van der Waals surface area contributed by atoms with Gasteiger partial charge in [-0.3, -0.25) is 19.9 Å². The number of hydrogen-bond acceptors (Lipinski definition) is 8. The van der Waals surface area contributed by atoms with Crippen LogP contribution in [-0.4, -0.2) is 69.2 Å². The van der Waals surface area contributed by atoms with Crippen LogP contribution in [0, 0.1) is 0 Å². The molecule has 2 aliphatic rings. The maximum Gasteiger partial charge on any atom is 0.225 e. The zero-order valence-electron chi connectivity index (χ0n) is 17.6. The summed E-state index contributed by atoms with van der Waals surface area (Å²) in [5.41, 5.74) is 3.99. The number of piperidine rings is 1. The van der Waals surface area contributed by atoms with E-state index in [0.29, 0.717) is 19.1 Å². The molecule has 0 saturated carbocycles. The lowest BCUT2D eigenvalue weighted by atomic mass is 9.91. The quantitative estimate of drug-likeness (QED) is 0.627. The summed E-state index contributed by atoms with van der Waals surface area (Å²) < 4.78 is 5.50. The molecule has 5 heterocycles. The number of likely N-dealkylation sites (tertiary alicyclic amines) is 1. The number of hydrogen-bond donors (Lipinski definition) is 0. The van der Waals surface area contributed by atoms with Crippen LogP contribution in [0.4, 0.5) is 5.95 Å². The van der Waals surface area contributed by atoms with Crippen molar-refractivity contribution in [2.75, 3.05) is 44.3 Å². The second-order valence-electron chi connectivity index (χ2n) is 8.05. The van der Waals surface area contributed by atoms with Crippen LogP contribution in [-0.2, 0) is 11.3 Å². The van der Waals surface area contributed by atoms with Gasteiger partial charge in [-0.25, -0.2) is 9.97 Å². The van der Waals surface area contributed by atoms with E-state index in [9.17, 15) is 0 Å². The lowest BCUT2D eigenvalue weighted by Crippen LogP contribution is -2.38. The highest BCUT2D eigenvalue weighted by atomic mass is 16.5. The predicted octanol–water partition coefficient (Wildman–Crippen LogP) is 2.54. The first-order valence-corrected chi connectivity index (χ1v) is 10.9. The third kappa shape index (κ3) is 4.70. The number of aromatic nitrogens is 5. The van der Waals surface area contributed by atoms with Gasteiger partial charge in [0, 0.05) is 62.4 Å². The summed E-state index contributed by atoms with van der Waals surface area (Å²) in [6, 6.07) is 6.11. The van der Waals surface area contributed by atoms with Crippen molar-refractivity contribution in [3.8, 4) is 11.3 Å². The molecule has 3 aromatic heterocycles. The molecule has 3 aromatic rings. The van der Waals surface area contributed by atoms with Crippen molar-refractivity contribution >= 4 is 5.95 Å². The fourth-order valence-electron chi connectivity index (χ4n) is 4.39. The first-order valence-electron chi connectivity index (χ1n) is 10.9. The molecule has 0 radical (unpaired) electrons. The minimum atomic E-state index is 0.317. The van der Waals surface area contributed by atoms with E-state index >= 15 is 0 Å². The van der Waals surface area contributed by atoms with Gasteiger partial charge in [0.05, 0.1) is 36.5 Å². The summed E-state index contributed by atoms with van der Waals surface area (Å²) in [5, 5.41) is 0. The monoisotopic (exact) mass is 417 g/mol. The first kappa shape index (κ1) is 20.0. The van der Waals surface area contributed by atoms with E-state index in [2.05, 4.69) is 41.9 Å². The molecule has 0 aromatic carbocycles. The lowest BCUT2D eigenvalue weighted by molar-refractivity contribution is 0.122. The topological polar surface area (TPSA) is 80.2 Å². The van der Waals surface area contributed by atoms with Crippen LogP contribution < -0.4 is 4.90 Å². The predicted molar refractivity (Wildman–Crippen MR) is 118 cm³/mol. The van der Waals surface area contributed by atoms with E-state index in [1.54, 1.807) is 18.6 Å². The molecule has 160 valence electrons. The van der Waals surface area contributed by atoms with Crippen LogP contribution in [0.15, 0.2) is 49.2 Å². The van der Waals surface area contributed by atoms with Crippen molar-refractivity contribution < 1.29 is 4.74 Å². The number of anilines is 1. The van der Waals surface area contributed by atoms with Crippen LogP contribution >= 0.6 is 0 Å². The summed E-state index contributed by atoms with van der Waals surface area (Å²) in [4.78, 5) is 27.8. The Balaban J connectivity index is 1.44. The normalized spacial score (nSPS) is 20.0. The minimum Gasteiger partial charge on any atom is -0.378 e. The Kier molecular flexibility index (Phi) is 6.08. The standard InChI is InChI=1S/C23H27N7O/c1-2-6-25-19(5-1)17-29-9-3-4-18(16-29)22-20(21-15-24-7-8-26-21)14-27-23(28-22)30-10-12-31-13-11-30/h1-2,5-8,14-15,18H,3-4,9-13,16-17H2. The smallest absolute Gasteiger partial charge is 0.225 e. The molecule has 0 N–H and O–H groups in total. The zero-order valence-corrected chi connectivity index (χ0v) is 17.6. The van der Waals surface area contributed by atoms with Gasteiger partial charge in [-0.15, -0.1) is 0 Å². The van der Waals surface area contributed by atoms with E-state index in [1.807, 2.05) is 18.5 Å². The van der Waals surface area contributed by atoms with Gasteiger partial charge in [0.15, 0.2) is 0 Å². The van der Waals surface area contributed by atoms with Crippen molar-refractivity contribution in [3.05, 3.63) is 60.6 Å². The Labute approximate surface area is 182 Å². The van der Waals surface area contributed by atoms with Crippen LogP contribution in [0.1, 0.15) is 30.1 Å². The molecule has 0 amide bonds. The van der Waals surface area contributed by atoms with E-state index < -0.39 is 0 Å². The van der Waals surface area contributed by atoms with Crippen LogP contribution in [0.3, 0.4) is 0 Å². The summed E-state index contributed by atoms with van der Waals surface area (Å²) in [7, 11) is 0. The van der Waals surface area contributed by atoms with Crippen molar-refractivity contribution in [3.63, 3.8) is 0 Å². The van der Waals surface area contributed by atoms with Gasteiger partial charge in [-0.1, -0.05) is 6.07 Å². The molecule has 1 unspecified atom stereocenters. The summed E-state index contributed by atoms with van der Waals surface area (Å²) in [5.74, 6) is 1.10. The van der Waals surface area contributed by atoms with Crippen LogP contribution in [0.2, 0.25) is 0 Å². The van der Waals surface area contributed by atoms with Gasteiger partial charge in [0.2, 0.25) is 5.95 Å². The number of nitrogens with zero attached hydrogens (tertiary/aromatic N) is 7. The molecule has 5 rings (SSSR count). The SMILES string of the molecule is c1ccc(CN2CCCC(c3nc(N4CCOCC4)ncc3-c3cnccn3)C2)nc1. The minimum absolute atomic E-state index is 0.317. The van der Waals surface area contributed by atoms with Gasteiger partial charge in [0.1, 0.15) is 0 Å². The van der Waals surface area contributed by atoms with Crippen molar-refractivity contribution in [1.82, 2.24) is 29.8 Å². The fraction of sp³-hybridized carbons (Fsp3) is 0.435. The Morgan fingerprint density at radius 1 is 0.968 bits per heavy atom. The number of morpholine rings is 1. The number of rotatable bonds is 5. The number of ether oxygens (including phenoxy) is 1. The molecule has 31 heavy (non-hydrogen) atoms. The van der Waals surface area contributed by atoms with Gasteiger partial charge >= 0.3 is 0 Å². The Hall–Kier alpha value is -2.97. The summed E-state index contributed by atoms with van der Waals surface area (Å²) in [6.45, 7) is 5.95. The zero-order chi connectivity index (χ0) is 20.9. The van der Waals surface area contributed by atoms with Gasteiger partial charge < -0.3 is 9.64 Å². The Morgan fingerprint density at radius 2 is 1.90 bits per heavy atom. The highest BCUT2D eigenvalue weighted by Gasteiger charge is 2.27. The van der Waals surface area contributed by atoms with Crippen LogP contribution in [0.5, 0.6) is 0 Å². The summed E-state index contributed by atoms with van der Waals surface area (Å²) >= 11 is 0. The molecule has 1 atom stereocenters.